The van der Waals surface area contributed by atoms with E-state index in [2.05, 4.69) is 4.98 Å². The number of rotatable bonds is 8. The summed E-state index contributed by atoms with van der Waals surface area (Å²) >= 11 is 0. The minimum atomic E-state index is -5.31. The van der Waals surface area contributed by atoms with E-state index >= 15 is 0 Å². The second kappa shape index (κ2) is 16.7. The number of carbonyl (C=O) groups excluding carboxylic acids is 2. The Morgan fingerprint density at radius 2 is 1.19 bits per heavy atom. The predicted octanol–water partition coefficient (Wildman–Crippen LogP) is 6.65. The van der Waals surface area contributed by atoms with Crippen LogP contribution in [0.25, 0.3) is 0 Å². The van der Waals surface area contributed by atoms with Crippen LogP contribution in [0, 0.1) is 35.5 Å². The van der Waals surface area contributed by atoms with E-state index in [0.29, 0.717) is 25.7 Å². The van der Waals surface area contributed by atoms with Crippen LogP contribution in [0.15, 0.2) is 40.9 Å². The van der Waals surface area contributed by atoms with Gasteiger partial charge >= 0.3 is 24.3 Å². The van der Waals surface area contributed by atoms with Gasteiger partial charge in [0.25, 0.3) is 0 Å². The largest absolute Gasteiger partial charge is 0.504 e. The molecule has 0 aromatic carbocycles. The van der Waals surface area contributed by atoms with Gasteiger partial charge in [0.2, 0.25) is 11.5 Å². The summed E-state index contributed by atoms with van der Waals surface area (Å²) in [5, 5.41) is 55.2. The molecular weight excluding hydrogens is 772 g/mol. The van der Waals surface area contributed by atoms with Gasteiger partial charge in [0.05, 0.1) is 30.5 Å². The highest BCUT2D eigenvalue weighted by molar-refractivity contribution is 5.91. The number of hydrogen-bond acceptors (Lipinski definition) is 12. The number of allylic oxidation sites excluding steroid dienone is 2. The van der Waals surface area contributed by atoms with Crippen LogP contribution in [0.2, 0.25) is 0 Å². The Bertz CT molecular complexity index is 1710. The third-order valence-corrected chi connectivity index (χ3v) is 12.6. The van der Waals surface area contributed by atoms with Gasteiger partial charge in [-0.15, -0.1) is 0 Å². The van der Waals surface area contributed by atoms with Crippen LogP contribution in [0.4, 0.5) is 26.3 Å². The van der Waals surface area contributed by atoms with Crippen LogP contribution < -0.4 is 0 Å². The highest BCUT2D eigenvalue weighted by Crippen LogP contribution is 2.52. The van der Waals surface area contributed by atoms with Crippen molar-refractivity contribution in [2.24, 2.45) is 35.5 Å². The highest BCUT2D eigenvalue weighted by Gasteiger charge is 2.56. The number of halogens is 6. The molecular formula is C39H51F6NO11. The summed E-state index contributed by atoms with van der Waals surface area (Å²) in [5.74, 6) is -12.6. The standard InChI is InChI=1S/C39H51F6NO11/c1-20-8-11-27(36(52)18-56-22(3)10-13-25(20)36)23(31(47)38(40,41)42)16-54-33(49)29-6-5-7-30(46-29)34(50)55-17-24(32(48)39(43,44)45)28-12-9-21(2)26-14-15-35(4,51)57-19-37(26,28)53/h5-7,20-22,25-28,47-48,51-53H,8-19H2,1-4H3/b31-23-,32-24-/t20-,21-,22+,25+,26+,27+,28+,35?,36-,37-/m1/s1. The van der Waals surface area contributed by atoms with E-state index in [1.807, 2.05) is 6.92 Å². The summed E-state index contributed by atoms with van der Waals surface area (Å²) in [7, 11) is 0. The van der Waals surface area contributed by atoms with E-state index in [1.54, 1.807) is 13.8 Å². The lowest BCUT2D eigenvalue weighted by atomic mass is 9.61. The molecule has 2 aliphatic heterocycles. The monoisotopic (exact) mass is 823 g/mol. The number of hydrogen-bond donors (Lipinski definition) is 5. The van der Waals surface area contributed by atoms with E-state index in [-0.39, 0.29) is 50.2 Å². The number of esters is 2. The van der Waals surface area contributed by atoms with Gasteiger partial charge in [-0.1, -0.05) is 19.9 Å². The summed E-state index contributed by atoms with van der Waals surface area (Å²) in [4.78, 5) is 30.3. The molecule has 1 aromatic rings. The first kappa shape index (κ1) is 44.6. The first-order valence-corrected chi connectivity index (χ1v) is 19.1. The van der Waals surface area contributed by atoms with Crippen molar-refractivity contribution < 1.29 is 80.4 Å². The fourth-order valence-corrected chi connectivity index (χ4v) is 9.37. The first-order valence-electron chi connectivity index (χ1n) is 19.1. The Hall–Kier alpha value is -3.45. The molecule has 18 heteroatoms. The zero-order valence-corrected chi connectivity index (χ0v) is 32.2. The predicted molar refractivity (Wildman–Crippen MR) is 187 cm³/mol. The molecule has 1 aromatic heterocycles. The van der Waals surface area contributed by atoms with Gasteiger partial charge in [0, 0.05) is 29.4 Å². The third-order valence-electron chi connectivity index (χ3n) is 12.6. The van der Waals surface area contributed by atoms with E-state index in [1.165, 1.54) is 6.92 Å². The number of nitrogens with zero attached hydrogens (tertiary/aromatic N) is 1. The molecule has 57 heavy (non-hydrogen) atoms. The SMILES string of the molecule is C[C@@H]1CC[C@@H](/C(COC(=O)c2cccc(C(=O)OC/C(=C(/O)C(F)(F)F)[C@@H]3CC[C@@H](C)[C@@H]4CCC(C)(O)OC[C@]34O)n2)=C(\O)C(F)(F)F)[C@@]2(O)CO[C@@H](C)CC[C@@H]12. The summed E-state index contributed by atoms with van der Waals surface area (Å²) in [6.45, 7) is 3.67. The molecule has 5 rings (SSSR count). The molecule has 12 nitrogen and oxygen atoms in total. The number of pyridine rings is 1. The fraction of sp³-hybridized carbons (Fsp3) is 0.718. The van der Waals surface area contributed by atoms with Gasteiger partial charge in [-0.05, 0) is 94.6 Å². The minimum Gasteiger partial charge on any atom is -0.504 e. The van der Waals surface area contributed by atoms with Gasteiger partial charge in [0.1, 0.15) is 24.6 Å². The Morgan fingerprint density at radius 1 is 0.737 bits per heavy atom. The van der Waals surface area contributed by atoms with Crippen LogP contribution in [0.1, 0.15) is 100 Å². The van der Waals surface area contributed by atoms with Crippen molar-refractivity contribution in [3.05, 3.63) is 52.3 Å². The fourth-order valence-electron chi connectivity index (χ4n) is 9.37. The lowest BCUT2D eigenvalue weighted by molar-refractivity contribution is -0.223. The molecule has 0 spiro atoms. The number of aromatic nitrogens is 1. The molecule has 320 valence electrons. The second-order valence-electron chi connectivity index (χ2n) is 16.4. The van der Waals surface area contributed by atoms with Gasteiger partial charge in [-0.2, -0.15) is 26.3 Å². The molecule has 3 heterocycles. The molecule has 2 saturated carbocycles. The molecule has 1 unspecified atom stereocenters. The second-order valence-corrected chi connectivity index (χ2v) is 16.4. The third kappa shape index (κ3) is 9.55. The van der Waals surface area contributed by atoms with Crippen LogP contribution in [0.5, 0.6) is 0 Å². The molecule has 5 N–H and O–H groups in total. The molecule has 0 radical (unpaired) electrons. The quantitative estimate of drug-likeness (QED) is 0.107. The van der Waals surface area contributed by atoms with E-state index < -0.39 is 119 Å². The molecule has 0 bridgehead atoms. The first-order chi connectivity index (χ1) is 26.4. The maximum Gasteiger partial charge on any atom is 0.448 e. The molecule has 2 aliphatic carbocycles. The highest BCUT2D eigenvalue weighted by atomic mass is 19.4. The number of alkyl halides is 6. The average molecular weight is 824 g/mol. The Labute approximate surface area is 325 Å². The molecule has 2 saturated heterocycles. The Kier molecular flexibility index (Phi) is 13.1. The van der Waals surface area contributed by atoms with Crippen molar-refractivity contribution in [3.63, 3.8) is 0 Å². The van der Waals surface area contributed by atoms with E-state index in [4.69, 9.17) is 18.9 Å². The molecule has 4 aliphatic rings. The summed E-state index contributed by atoms with van der Waals surface area (Å²) in [6.07, 6.45) is -8.87. The summed E-state index contributed by atoms with van der Waals surface area (Å²) in [6, 6.07) is 3.24. The van der Waals surface area contributed by atoms with Crippen molar-refractivity contribution >= 4 is 11.9 Å². The normalized spacial score (nSPS) is 36.0. The van der Waals surface area contributed by atoms with Crippen molar-refractivity contribution in [2.75, 3.05) is 26.4 Å². The minimum absolute atomic E-state index is 0.0185. The number of carbonyl (C=O) groups is 2. The van der Waals surface area contributed by atoms with Gasteiger partial charge in [0.15, 0.2) is 5.79 Å². The Morgan fingerprint density at radius 3 is 1.67 bits per heavy atom. The zero-order valence-electron chi connectivity index (χ0n) is 32.2. The van der Waals surface area contributed by atoms with Crippen molar-refractivity contribution in [1.82, 2.24) is 4.98 Å². The van der Waals surface area contributed by atoms with Crippen molar-refractivity contribution in [2.45, 2.75) is 115 Å². The Balaban J connectivity index is 1.35. The van der Waals surface area contributed by atoms with Crippen molar-refractivity contribution in [1.29, 1.82) is 0 Å². The lowest BCUT2D eigenvalue weighted by Gasteiger charge is -2.48. The van der Waals surface area contributed by atoms with Gasteiger partial charge in [-0.25, -0.2) is 14.6 Å². The smallest absolute Gasteiger partial charge is 0.448 e. The van der Waals surface area contributed by atoms with Crippen LogP contribution >= 0.6 is 0 Å². The van der Waals surface area contributed by atoms with Crippen LogP contribution in [-0.4, -0.2) is 104 Å². The molecule has 10 atom stereocenters. The molecule has 0 amide bonds. The molecule has 4 fully saturated rings. The topological polar surface area (TPSA) is 185 Å². The zero-order chi connectivity index (χ0) is 42.3. The maximum atomic E-state index is 14.0. The van der Waals surface area contributed by atoms with Crippen LogP contribution in [0.3, 0.4) is 0 Å². The van der Waals surface area contributed by atoms with Gasteiger partial charge in [-0.3, -0.25) is 0 Å². The average Bonchev–Trinajstić information content (AvgIpc) is 3.37. The lowest BCUT2D eigenvalue weighted by Crippen LogP contribution is -2.55. The number of aliphatic hydroxyl groups is 5. The number of fused-ring (bicyclic) bond motifs is 2. The number of ether oxygens (including phenoxy) is 4. The van der Waals surface area contributed by atoms with E-state index in [9.17, 15) is 61.5 Å². The van der Waals surface area contributed by atoms with Crippen LogP contribution in [-0.2, 0) is 18.9 Å². The maximum absolute atomic E-state index is 14.0. The van der Waals surface area contributed by atoms with Gasteiger partial charge < -0.3 is 44.5 Å². The summed E-state index contributed by atoms with van der Waals surface area (Å²) < 4.78 is 106. The van der Waals surface area contributed by atoms with E-state index in [0.717, 1.165) is 18.2 Å². The number of aliphatic hydroxyl groups excluding tert-OH is 2. The van der Waals surface area contributed by atoms with Crippen molar-refractivity contribution in [3.8, 4) is 0 Å². The summed E-state index contributed by atoms with van der Waals surface area (Å²) in [5.41, 5.74) is -6.65.